The van der Waals surface area contributed by atoms with E-state index in [0.29, 0.717) is 11.5 Å². The van der Waals surface area contributed by atoms with Gasteiger partial charge in [0.25, 0.3) is 5.91 Å². The number of rotatable bonds is 6. The molecule has 0 bridgehead atoms. The molecule has 5 nitrogen and oxygen atoms in total. The van der Waals surface area contributed by atoms with Crippen LogP contribution >= 0.6 is 0 Å². The largest absolute Gasteiger partial charge is 0.507 e. The maximum absolute atomic E-state index is 12.2. The second-order valence-corrected chi connectivity index (χ2v) is 5.18. The Morgan fingerprint density at radius 2 is 2.04 bits per heavy atom. The highest BCUT2D eigenvalue weighted by atomic mass is 16.5. The van der Waals surface area contributed by atoms with Gasteiger partial charge in [-0.2, -0.15) is 0 Å². The third-order valence-corrected chi connectivity index (χ3v) is 3.39. The van der Waals surface area contributed by atoms with Gasteiger partial charge in [-0.15, -0.1) is 6.42 Å². The number of carbonyl (C=O) groups is 1. The summed E-state index contributed by atoms with van der Waals surface area (Å²) in [6, 6.07) is 10.2. The molecular weight excluding hydrogens is 306 g/mol. The van der Waals surface area contributed by atoms with Crippen molar-refractivity contribution in [3.63, 3.8) is 0 Å². The number of aryl methyl sites for hydroxylation is 1. The Morgan fingerprint density at radius 1 is 1.25 bits per heavy atom. The minimum absolute atomic E-state index is 0.0414. The van der Waals surface area contributed by atoms with E-state index in [1.165, 1.54) is 0 Å². The van der Waals surface area contributed by atoms with Crippen molar-refractivity contribution >= 4 is 5.91 Å². The van der Waals surface area contributed by atoms with E-state index in [0.717, 1.165) is 11.1 Å². The Balaban J connectivity index is 2.08. The zero-order chi connectivity index (χ0) is 17.5. The van der Waals surface area contributed by atoms with E-state index in [4.69, 9.17) is 15.9 Å². The van der Waals surface area contributed by atoms with Crippen molar-refractivity contribution in [2.24, 2.45) is 0 Å². The fourth-order valence-electron chi connectivity index (χ4n) is 2.17. The first kappa shape index (κ1) is 17.2. The topological polar surface area (TPSA) is 67.8 Å². The molecule has 0 radical (unpaired) electrons. The third-order valence-electron chi connectivity index (χ3n) is 3.39. The van der Waals surface area contributed by atoms with Crippen molar-refractivity contribution in [1.82, 2.24) is 5.32 Å². The molecule has 2 N–H and O–H groups in total. The quantitative estimate of drug-likeness (QED) is 0.801. The van der Waals surface area contributed by atoms with Crippen molar-refractivity contribution < 1.29 is 19.4 Å². The zero-order valence-electron chi connectivity index (χ0n) is 13.6. The number of methoxy groups -OCH3 is 1. The predicted octanol–water partition coefficient (Wildman–Crippen LogP) is 2.65. The van der Waals surface area contributed by atoms with Gasteiger partial charge in [-0.05, 0) is 42.3 Å². The number of hydrogen-bond donors (Lipinski definition) is 2. The number of carbonyl (C=O) groups excluding carboxylic acids is 1. The highest BCUT2D eigenvalue weighted by Crippen LogP contribution is 2.28. The molecule has 2 aromatic carbocycles. The molecule has 0 saturated heterocycles. The van der Waals surface area contributed by atoms with Crippen LogP contribution in [0, 0.1) is 19.3 Å². The summed E-state index contributed by atoms with van der Waals surface area (Å²) < 4.78 is 10.6. The monoisotopic (exact) mass is 325 g/mol. The van der Waals surface area contributed by atoms with E-state index in [-0.39, 0.29) is 30.4 Å². The van der Waals surface area contributed by atoms with Gasteiger partial charge in [0.1, 0.15) is 12.4 Å². The Bertz CT molecular complexity index is 777. The Kier molecular flexibility index (Phi) is 5.69. The zero-order valence-corrected chi connectivity index (χ0v) is 13.6. The van der Waals surface area contributed by atoms with Gasteiger partial charge in [0.15, 0.2) is 11.5 Å². The lowest BCUT2D eigenvalue weighted by Crippen LogP contribution is -2.22. The summed E-state index contributed by atoms with van der Waals surface area (Å²) in [5.74, 6) is 3.08. The fraction of sp³-hybridized carbons (Fsp3) is 0.211. The lowest BCUT2D eigenvalue weighted by molar-refractivity contribution is 0.0948. The molecular formula is C19H19NO4. The van der Waals surface area contributed by atoms with Crippen LogP contribution < -0.4 is 14.8 Å². The van der Waals surface area contributed by atoms with E-state index in [1.54, 1.807) is 37.4 Å². The Hall–Kier alpha value is -3.13. The van der Waals surface area contributed by atoms with Crippen molar-refractivity contribution in [3.8, 4) is 29.6 Å². The molecule has 0 unspecified atom stereocenters. The summed E-state index contributed by atoms with van der Waals surface area (Å²) in [5.41, 5.74) is 1.94. The SMILES string of the molecule is C#CCOc1cc(CNC(=O)c2ccc(C)cc2O)ccc1OC. The van der Waals surface area contributed by atoms with E-state index in [9.17, 15) is 9.90 Å². The fourth-order valence-corrected chi connectivity index (χ4v) is 2.17. The number of hydrogen-bond acceptors (Lipinski definition) is 4. The van der Waals surface area contributed by atoms with Crippen LogP contribution in [-0.4, -0.2) is 24.7 Å². The molecule has 0 saturated carbocycles. The van der Waals surface area contributed by atoms with Crippen LogP contribution in [0.15, 0.2) is 36.4 Å². The minimum Gasteiger partial charge on any atom is -0.507 e. The van der Waals surface area contributed by atoms with Crippen LogP contribution in [0.2, 0.25) is 0 Å². The molecule has 0 aromatic heterocycles. The van der Waals surface area contributed by atoms with Crippen LogP contribution in [0.3, 0.4) is 0 Å². The molecule has 2 rings (SSSR count). The summed E-state index contributed by atoms with van der Waals surface area (Å²) in [7, 11) is 1.54. The first-order valence-corrected chi connectivity index (χ1v) is 7.36. The van der Waals surface area contributed by atoms with Gasteiger partial charge in [-0.1, -0.05) is 18.1 Å². The number of phenols is 1. The van der Waals surface area contributed by atoms with E-state index >= 15 is 0 Å². The Labute approximate surface area is 141 Å². The van der Waals surface area contributed by atoms with E-state index in [1.807, 2.05) is 13.0 Å². The molecule has 0 aliphatic carbocycles. The lowest BCUT2D eigenvalue weighted by atomic mass is 10.1. The Morgan fingerprint density at radius 3 is 2.71 bits per heavy atom. The maximum atomic E-state index is 12.2. The van der Waals surface area contributed by atoms with Gasteiger partial charge in [0.2, 0.25) is 0 Å². The van der Waals surface area contributed by atoms with Gasteiger partial charge in [-0.25, -0.2) is 0 Å². The predicted molar refractivity (Wildman–Crippen MR) is 91.3 cm³/mol. The average Bonchev–Trinajstić information content (AvgIpc) is 2.57. The van der Waals surface area contributed by atoms with Gasteiger partial charge in [0.05, 0.1) is 12.7 Å². The summed E-state index contributed by atoms with van der Waals surface area (Å²) in [5, 5.41) is 12.6. The first-order chi connectivity index (χ1) is 11.5. The molecule has 0 spiro atoms. The third kappa shape index (κ3) is 4.20. The summed E-state index contributed by atoms with van der Waals surface area (Å²) >= 11 is 0. The van der Waals surface area contributed by atoms with Crippen LogP contribution in [0.1, 0.15) is 21.5 Å². The molecule has 24 heavy (non-hydrogen) atoms. The van der Waals surface area contributed by atoms with Crippen LogP contribution in [0.25, 0.3) is 0 Å². The number of nitrogens with one attached hydrogen (secondary N) is 1. The highest BCUT2D eigenvalue weighted by Gasteiger charge is 2.11. The molecule has 0 fully saturated rings. The van der Waals surface area contributed by atoms with Gasteiger partial charge in [-0.3, -0.25) is 4.79 Å². The standard InChI is InChI=1S/C19H19NO4/c1-4-9-24-18-11-14(6-8-17(18)23-3)12-20-19(22)15-7-5-13(2)10-16(15)21/h1,5-8,10-11,21H,9,12H2,2-3H3,(H,20,22). The van der Waals surface area contributed by atoms with E-state index < -0.39 is 0 Å². The van der Waals surface area contributed by atoms with Crippen LogP contribution in [0.5, 0.6) is 17.2 Å². The number of amides is 1. The number of benzene rings is 2. The average molecular weight is 325 g/mol. The molecule has 0 aliphatic rings. The van der Waals surface area contributed by atoms with E-state index in [2.05, 4.69) is 11.2 Å². The summed E-state index contributed by atoms with van der Waals surface area (Å²) in [6.45, 7) is 2.25. The maximum Gasteiger partial charge on any atom is 0.255 e. The number of phenolic OH excluding ortho intramolecular Hbond substituents is 1. The molecule has 5 heteroatoms. The lowest BCUT2D eigenvalue weighted by Gasteiger charge is -2.12. The summed E-state index contributed by atoms with van der Waals surface area (Å²) in [6.07, 6.45) is 5.20. The molecule has 2 aromatic rings. The van der Waals surface area contributed by atoms with Crippen molar-refractivity contribution in [2.75, 3.05) is 13.7 Å². The second-order valence-electron chi connectivity index (χ2n) is 5.18. The minimum atomic E-state index is -0.352. The van der Waals surface area contributed by atoms with Gasteiger partial charge < -0.3 is 19.9 Å². The van der Waals surface area contributed by atoms with Crippen LogP contribution in [-0.2, 0) is 6.54 Å². The van der Waals surface area contributed by atoms with Gasteiger partial charge in [0, 0.05) is 6.54 Å². The second kappa shape index (κ2) is 7.93. The highest BCUT2D eigenvalue weighted by molar-refractivity contribution is 5.96. The first-order valence-electron chi connectivity index (χ1n) is 7.36. The number of terminal acetylenes is 1. The normalized spacial score (nSPS) is 9.88. The molecule has 0 atom stereocenters. The van der Waals surface area contributed by atoms with Gasteiger partial charge >= 0.3 is 0 Å². The molecule has 0 aliphatic heterocycles. The molecule has 1 amide bonds. The number of aromatic hydroxyl groups is 1. The molecule has 0 heterocycles. The summed E-state index contributed by atoms with van der Waals surface area (Å²) in [4.78, 5) is 12.2. The smallest absolute Gasteiger partial charge is 0.255 e. The van der Waals surface area contributed by atoms with Crippen LogP contribution in [0.4, 0.5) is 0 Å². The van der Waals surface area contributed by atoms with Crippen molar-refractivity contribution in [1.29, 1.82) is 0 Å². The molecule has 124 valence electrons. The van der Waals surface area contributed by atoms with Crippen molar-refractivity contribution in [3.05, 3.63) is 53.1 Å². The van der Waals surface area contributed by atoms with Crippen molar-refractivity contribution in [2.45, 2.75) is 13.5 Å². The number of ether oxygens (including phenoxy) is 2.